The van der Waals surface area contributed by atoms with Gasteiger partial charge >= 0.3 is 5.97 Å². The Balaban J connectivity index is 1.27. The molecule has 0 unspecified atom stereocenters. The molecule has 150 valence electrons. The van der Waals surface area contributed by atoms with E-state index in [1.165, 1.54) is 19.3 Å². The maximum atomic E-state index is 13.0. The largest absolute Gasteiger partial charge is 0.454 e. The minimum atomic E-state index is -0.733. The summed E-state index contributed by atoms with van der Waals surface area (Å²) in [6.07, 6.45) is 6.70. The van der Waals surface area contributed by atoms with E-state index in [0.29, 0.717) is 44.1 Å². The lowest BCUT2D eigenvalue weighted by Crippen LogP contribution is -2.56. The summed E-state index contributed by atoms with van der Waals surface area (Å²) in [6.45, 7) is 3.42. The maximum absolute atomic E-state index is 13.0. The summed E-state index contributed by atoms with van der Waals surface area (Å²) in [5, 5.41) is 2.88. The van der Waals surface area contributed by atoms with Crippen molar-refractivity contribution in [3.63, 3.8) is 0 Å². The molecular formula is C20H30N2O5. The average Bonchev–Trinajstić information content (AvgIpc) is 2.65. The Morgan fingerprint density at radius 2 is 1.63 bits per heavy atom. The molecule has 0 spiro atoms. The Kier molecular flexibility index (Phi) is 5.14. The zero-order valence-electron chi connectivity index (χ0n) is 16.1. The monoisotopic (exact) mass is 378 g/mol. The second-order valence-electron chi connectivity index (χ2n) is 8.99. The quantitative estimate of drug-likeness (QED) is 0.725. The Labute approximate surface area is 160 Å². The molecule has 4 saturated carbocycles. The normalized spacial score (nSPS) is 35.6. The SMILES string of the molecule is C[C@H](NC(=O)C12CC3CC(CC(C3)C1)C2)C(=O)OCC(=O)N1CCOCC1. The molecule has 1 saturated heterocycles. The number of hydrogen-bond acceptors (Lipinski definition) is 5. The molecule has 1 aliphatic heterocycles. The number of carbonyl (C=O) groups excluding carboxylic acids is 3. The highest BCUT2D eigenvalue weighted by Gasteiger charge is 2.54. The molecule has 0 radical (unpaired) electrons. The minimum absolute atomic E-state index is 0.00514. The fourth-order valence-electron chi connectivity index (χ4n) is 5.96. The molecule has 5 aliphatic rings. The molecule has 1 heterocycles. The van der Waals surface area contributed by atoms with E-state index in [1.54, 1.807) is 11.8 Å². The third-order valence-electron chi connectivity index (χ3n) is 6.92. The lowest BCUT2D eigenvalue weighted by atomic mass is 9.49. The molecule has 4 aliphatic carbocycles. The standard InChI is InChI=1S/C20H30N2O5/c1-13(18(24)27-12-17(23)22-2-4-26-5-3-22)21-19(25)20-9-14-6-15(10-20)8-16(7-14)11-20/h13-16H,2-12H2,1H3,(H,21,25)/t13-,14?,15?,16?,20?/m0/s1. The van der Waals surface area contributed by atoms with E-state index in [1.807, 2.05) is 0 Å². The van der Waals surface area contributed by atoms with Crippen molar-refractivity contribution >= 4 is 17.8 Å². The predicted molar refractivity (Wildman–Crippen MR) is 96.6 cm³/mol. The van der Waals surface area contributed by atoms with Gasteiger partial charge in [-0.3, -0.25) is 9.59 Å². The molecule has 5 rings (SSSR count). The van der Waals surface area contributed by atoms with Gasteiger partial charge in [0.1, 0.15) is 6.04 Å². The van der Waals surface area contributed by atoms with E-state index in [-0.39, 0.29) is 23.8 Å². The fraction of sp³-hybridized carbons (Fsp3) is 0.850. The van der Waals surface area contributed by atoms with Crippen molar-refractivity contribution in [2.75, 3.05) is 32.9 Å². The van der Waals surface area contributed by atoms with Crippen LogP contribution in [0.2, 0.25) is 0 Å². The summed E-state index contributed by atoms with van der Waals surface area (Å²) in [6, 6.07) is -0.733. The molecule has 0 aromatic rings. The first-order valence-corrected chi connectivity index (χ1v) is 10.3. The Morgan fingerprint density at radius 3 is 2.19 bits per heavy atom. The highest BCUT2D eigenvalue weighted by Crippen LogP contribution is 2.60. The molecule has 2 amide bonds. The van der Waals surface area contributed by atoms with E-state index >= 15 is 0 Å². The number of nitrogens with one attached hydrogen (secondary N) is 1. The van der Waals surface area contributed by atoms with E-state index in [9.17, 15) is 14.4 Å². The van der Waals surface area contributed by atoms with Crippen LogP contribution in [0.4, 0.5) is 0 Å². The Morgan fingerprint density at radius 1 is 1.07 bits per heavy atom. The van der Waals surface area contributed by atoms with Gasteiger partial charge in [0.2, 0.25) is 5.91 Å². The summed E-state index contributed by atoms with van der Waals surface area (Å²) in [4.78, 5) is 39.0. The van der Waals surface area contributed by atoms with Crippen LogP contribution in [0.1, 0.15) is 45.4 Å². The van der Waals surface area contributed by atoms with Gasteiger partial charge in [-0.25, -0.2) is 4.79 Å². The van der Waals surface area contributed by atoms with Gasteiger partial charge in [0.05, 0.1) is 13.2 Å². The number of carbonyl (C=O) groups is 3. The number of esters is 1. The van der Waals surface area contributed by atoms with Crippen molar-refractivity contribution in [1.29, 1.82) is 0 Å². The van der Waals surface area contributed by atoms with E-state index in [2.05, 4.69) is 5.32 Å². The molecule has 27 heavy (non-hydrogen) atoms. The third kappa shape index (κ3) is 3.84. The molecule has 0 aromatic carbocycles. The summed E-state index contributed by atoms with van der Waals surface area (Å²) in [7, 11) is 0. The van der Waals surface area contributed by atoms with Gasteiger partial charge in [0.25, 0.3) is 5.91 Å². The van der Waals surface area contributed by atoms with Crippen LogP contribution in [0, 0.1) is 23.2 Å². The minimum Gasteiger partial charge on any atom is -0.454 e. The zero-order chi connectivity index (χ0) is 19.0. The van der Waals surface area contributed by atoms with E-state index in [4.69, 9.17) is 9.47 Å². The summed E-state index contributed by atoms with van der Waals surface area (Å²) < 4.78 is 10.4. The number of morpholine rings is 1. The molecule has 5 fully saturated rings. The van der Waals surface area contributed by atoms with Crippen LogP contribution >= 0.6 is 0 Å². The molecule has 0 aromatic heterocycles. The second-order valence-corrected chi connectivity index (χ2v) is 8.99. The van der Waals surface area contributed by atoms with Gasteiger partial charge in [0, 0.05) is 18.5 Å². The van der Waals surface area contributed by atoms with Gasteiger partial charge in [-0.1, -0.05) is 0 Å². The highest BCUT2D eigenvalue weighted by molar-refractivity contribution is 5.89. The summed E-state index contributed by atoms with van der Waals surface area (Å²) in [5.41, 5.74) is -0.285. The summed E-state index contributed by atoms with van der Waals surface area (Å²) in [5.74, 6) is 1.27. The Hall–Kier alpha value is -1.63. The average molecular weight is 378 g/mol. The molecule has 1 atom stereocenters. The van der Waals surface area contributed by atoms with Crippen molar-refractivity contribution in [2.24, 2.45) is 23.2 Å². The van der Waals surface area contributed by atoms with Gasteiger partial charge in [0.15, 0.2) is 6.61 Å². The van der Waals surface area contributed by atoms with Crippen LogP contribution in [0.5, 0.6) is 0 Å². The van der Waals surface area contributed by atoms with Crippen molar-refractivity contribution in [1.82, 2.24) is 10.2 Å². The topological polar surface area (TPSA) is 84.9 Å². The fourth-order valence-corrected chi connectivity index (χ4v) is 5.96. The highest BCUT2D eigenvalue weighted by atomic mass is 16.5. The van der Waals surface area contributed by atoms with Crippen LogP contribution in [0.25, 0.3) is 0 Å². The number of nitrogens with zero attached hydrogens (tertiary/aromatic N) is 1. The second kappa shape index (κ2) is 7.41. The van der Waals surface area contributed by atoms with Crippen molar-refractivity contribution < 1.29 is 23.9 Å². The van der Waals surface area contributed by atoms with Crippen LogP contribution in [-0.2, 0) is 23.9 Å². The smallest absolute Gasteiger partial charge is 0.328 e. The van der Waals surface area contributed by atoms with E-state index < -0.39 is 12.0 Å². The van der Waals surface area contributed by atoms with Gasteiger partial charge in [-0.2, -0.15) is 0 Å². The van der Waals surface area contributed by atoms with Crippen LogP contribution < -0.4 is 5.32 Å². The number of amides is 2. The number of hydrogen-bond donors (Lipinski definition) is 1. The molecular weight excluding hydrogens is 348 g/mol. The van der Waals surface area contributed by atoms with Crippen molar-refractivity contribution in [3.05, 3.63) is 0 Å². The first kappa shape index (κ1) is 18.7. The van der Waals surface area contributed by atoms with Crippen LogP contribution in [0.15, 0.2) is 0 Å². The molecule has 1 N–H and O–H groups in total. The predicted octanol–water partition coefficient (Wildman–Crippen LogP) is 1.11. The number of rotatable bonds is 5. The molecule has 7 nitrogen and oxygen atoms in total. The van der Waals surface area contributed by atoms with Crippen LogP contribution in [0.3, 0.4) is 0 Å². The Bertz CT molecular complexity index is 578. The van der Waals surface area contributed by atoms with E-state index in [0.717, 1.165) is 19.3 Å². The number of ether oxygens (including phenoxy) is 2. The third-order valence-corrected chi connectivity index (χ3v) is 6.92. The van der Waals surface area contributed by atoms with Gasteiger partial charge < -0.3 is 19.7 Å². The maximum Gasteiger partial charge on any atom is 0.328 e. The first-order valence-electron chi connectivity index (χ1n) is 10.3. The van der Waals surface area contributed by atoms with Gasteiger partial charge in [-0.05, 0) is 63.2 Å². The lowest BCUT2D eigenvalue weighted by Gasteiger charge is -2.55. The lowest BCUT2D eigenvalue weighted by molar-refractivity contribution is -0.158. The van der Waals surface area contributed by atoms with Gasteiger partial charge in [-0.15, -0.1) is 0 Å². The first-order chi connectivity index (χ1) is 12.9. The molecule has 4 bridgehead atoms. The zero-order valence-corrected chi connectivity index (χ0v) is 16.1. The van der Waals surface area contributed by atoms with Crippen molar-refractivity contribution in [2.45, 2.75) is 51.5 Å². The molecule has 7 heteroatoms. The summed E-state index contributed by atoms with van der Waals surface area (Å²) >= 11 is 0. The van der Waals surface area contributed by atoms with Crippen molar-refractivity contribution in [3.8, 4) is 0 Å². The van der Waals surface area contributed by atoms with Crippen LogP contribution in [-0.4, -0.2) is 61.6 Å².